The van der Waals surface area contributed by atoms with Crippen LogP contribution in [0.25, 0.3) is 0 Å². The van der Waals surface area contributed by atoms with Crippen molar-refractivity contribution >= 4 is 17.3 Å². The van der Waals surface area contributed by atoms with Crippen LogP contribution < -0.4 is 4.90 Å². The molecule has 0 fully saturated rings. The van der Waals surface area contributed by atoms with Gasteiger partial charge in [0.15, 0.2) is 11.6 Å². The molecular formula is C21H29NO4. The number of anilines is 1. The number of aryl methyl sites for hydroxylation is 1. The largest absolute Gasteiger partial charge is 0.391 e. The molecule has 0 saturated carbocycles. The van der Waals surface area contributed by atoms with E-state index in [4.69, 9.17) is 0 Å². The van der Waals surface area contributed by atoms with E-state index < -0.39 is 12.2 Å². The van der Waals surface area contributed by atoms with Gasteiger partial charge >= 0.3 is 0 Å². The molecule has 0 aliphatic carbocycles. The number of hydrogen-bond acceptors (Lipinski definition) is 5. The monoisotopic (exact) mass is 359 g/mol. The SMILES string of the molecule is CC=CC(=O)CC(O)CN(CC(O)CC(=O)C=CC)c1ccc(C)cc1. The van der Waals surface area contributed by atoms with Crippen molar-refractivity contribution in [2.24, 2.45) is 0 Å². The summed E-state index contributed by atoms with van der Waals surface area (Å²) < 4.78 is 0. The van der Waals surface area contributed by atoms with Gasteiger partial charge in [0, 0.05) is 31.6 Å². The molecule has 142 valence electrons. The number of hydrogen-bond donors (Lipinski definition) is 2. The molecule has 1 rings (SSSR count). The standard InChI is InChI=1S/C21H29NO4/c1-4-6-18(23)12-20(25)14-22(17-10-8-16(3)9-11-17)15-21(26)13-19(24)7-5-2/h4-11,20-21,25-26H,12-15H2,1-3H3. The van der Waals surface area contributed by atoms with E-state index in [-0.39, 0.29) is 37.5 Å². The molecule has 5 heteroatoms. The number of carbonyl (C=O) groups excluding carboxylic acids is 2. The third kappa shape index (κ3) is 8.23. The van der Waals surface area contributed by atoms with E-state index in [9.17, 15) is 19.8 Å². The van der Waals surface area contributed by atoms with Gasteiger partial charge in [-0.05, 0) is 45.1 Å². The summed E-state index contributed by atoms with van der Waals surface area (Å²) in [7, 11) is 0. The number of carbonyl (C=O) groups is 2. The molecule has 0 bridgehead atoms. The van der Waals surface area contributed by atoms with Crippen molar-refractivity contribution in [2.45, 2.75) is 45.8 Å². The Balaban J connectivity index is 2.83. The fourth-order valence-electron chi connectivity index (χ4n) is 2.65. The first kappa shape index (κ1) is 21.8. The Morgan fingerprint density at radius 1 is 0.923 bits per heavy atom. The number of benzene rings is 1. The summed E-state index contributed by atoms with van der Waals surface area (Å²) in [4.78, 5) is 25.2. The molecule has 2 atom stereocenters. The second-order valence-corrected chi connectivity index (χ2v) is 6.39. The second-order valence-electron chi connectivity index (χ2n) is 6.39. The van der Waals surface area contributed by atoms with Crippen molar-refractivity contribution in [1.29, 1.82) is 0 Å². The molecule has 0 aromatic heterocycles. The van der Waals surface area contributed by atoms with Gasteiger partial charge in [-0.25, -0.2) is 0 Å². The Labute approximate surface area is 155 Å². The van der Waals surface area contributed by atoms with Gasteiger partial charge in [-0.3, -0.25) is 9.59 Å². The van der Waals surface area contributed by atoms with E-state index in [1.54, 1.807) is 30.9 Å². The van der Waals surface area contributed by atoms with E-state index in [0.29, 0.717) is 0 Å². The van der Waals surface area contributed by atoms with E-state index in [1.807, 2.05) is 31.2 Å². The highest BCUT2D eigenvalue weighted by atomic mass is 16.3. The van der Waals surface area contributed by atoms with Crippen molar-refractivity contribution in [3.8, 4) is 0 Å². The molecule has 26 heavy (non-hydrogen) atoms. The quantitative estimate of drug-likeness (QED) is 0.594. The maximum Gasteiger partial charge on any atom is 0.158 e. The molecular weight excluding hydrogens is 330 g/mol. The predicted molar refractivity (Wildman–Crippen MR) is 104 cm³/mol. The number of nitrogens with zero attached hydrogens (tertiary/aromatic N) is 1. The first-order chi connectivity index (χ1) is 12.3. The van der Waals surface area contributed by atoms with E-state index in [2.05, 4.69) is 0 Å². The molecule has 1 aromatic rings. The van der Waals surface area contributed by atoms with Crippen molar-refractivity contribution in [3.05, 3.63) is 54.1 Å². The summed E-state index contributed by atoms with van der Waals surface area (Å²) in [6.07, 6.45) is 4.46. The molecule has 0 radical (unpaired) electrons. The van der Waals surface area contributed by atoms with Crippen molar-refractivity contribution in [3.63, 3.8) is 0 Å². The fraction of sp³-hybridized carbons (Fsp3) is 0.429. The van der Waals surface area contributed by atoms with Crippen LogP contribution in [-0.4, -0.2) is 47.1 Å². The Bertz CT molecular complexity index is 600. The van der Waals surface area contributed by atoms with Gasteiger partial charge in [-0.2, -0.15) is 0 Å². The predicted octanol–water partition coefficient (Wildman–Crippen LogP) is 2.59. The third-order valence-corrected chi connectivity index (χ3v) is 3.84. The summed E-state index contributed by atoms with van der Waals surface area (Å²) >= 11 is 0. The number of ketones is 2. The summed E-state index contributed by atoms with van der Waals surface area (Å²) in [6.45, 7) is 5.87. The van der Waals surface area contributed by atoms with Gasteiger partial charge in [0.25, 0.3) is 0 Å². The second kappa shape index (κ2) is 11.4. The highest BCUT2D eigenvalue weighted by Gasteiger charge is 2.19. The number of aliphatic hydroxyl groups is 2. The molecule has 0 amide bonds. The van der Waals surface area contributed by atoms with Crippen molar-refractivity contribution in [2.75, 3.05) is 18.0 Å². The van der Waals surface area contributed by atoms with Crippen LogP contribution in [0, 0.1) is 6.92 Å². The number of aliphatic hydroxyl groups excluding tert-OH is 2. The molecule has 1 aromatic carbocycles. The number of rotatable bonds is 11. The zero-order valence-electron chi connectivity index (χ0n) is 15.8. The van der Waals surface area contributed by atoms with Crippen LogP contribution in [0.2, 0.25) is 0 Å². The highest BCUT2D eigenvalue weighted by molar-refractivity contribution is 5.90. The van der Waals surface area contributed by atoms with Crippen molar-refractivity contribution < 1.29 is 19.8 Å². The summed E-state index contributed by atoms with van der Waals surface area (Å²) in [6, 6.07) is 7.68. The topological polar surface area (TPSA) is 77.8 Å². The first-order valence-corrected chi connectivity index (χ1v) is 8.84. The van der Waals surface area contributed by atoms with Gasteiger partial charge < -0.3 is 15.1 Å². The summed E-state index contributed by atoms with van der Waals surface area (Å²) in [5.74, 6) is -0.291. The minimum atomic E-state index is -0.863. The average Bonchev–Trinajstić information content (AvgIpc) is 2.55. The van der Waals surface area contributed by atoms with Gasteiger partial charge in [0.05, 0.1) is 12.2 Å². The maximum absolute atomic E-state index is 11.7. The van der Waals surface area contributed by atoms with E-state index >= 15 is 0 Å². The fourth-order valence-corrected chi connectivity index (χ4v) is 2.65. The minimum Gasteiger partial charge on any atom is -0.391 e. The first-order valence-electron chi connectivity index (χ1n) is 8.84. The average molecular weight is 359 g/mol. The zero-order chi connectivity index (χ0) is 19.5. The molecule has 5 nitrogen and oxygen atoms in total. The normalized spacial score (nSPS) is 13.9. The van der Waals surface area contributed by atoms with Crippen LogP contribution in [0.5, 0.6) is 0 Å². The molecule has 0 spiro atoms. The van der Waals surface area contributed by atoms with Crippen LogP contribution in [0.3, 0.4) is 0 Å². The molecule has 2 N–H and O–H groups in total. The summed E-state index contributed by atoms with van der Waals surface area (Å²) in [5, 5.41) is 20.5. The van der Waals surface area contributed by atoms with Crippen molar-refractivity contribution in [1.82, 2.24) is 0 Å². The highest BCUT2D eigenvalue weighted by Crippen LogP contribution is 2.17. The lowest BCUT2D eigenvalue weighted by Crippen LogP contribution is -2.39. The minimum absolute atomic E-state index is 0.0142. The Morgan fingerprint density at radius 3 is 1.73 bits per heavy atom. The lowest BCUT2D eigenvalue weighted by molar-refractivity contribution is -0.117. The smallest absolute Gasteiger partial charge is 0.158 e. The van der Waals surface area contributed by atoms with Gasteiger partial charge in [0.1, 0.15) is 0 Å². The van der Waals surface area contributed by atoms with E-state index in [1.165, 1.54) is 12.2 Å². The Hall–Kier alpha value is -2.24. The van der Waals surface area contributed by atoms with Gasteiger partial charge in [0.2, 0.25) is 0 Å². The third-order valence-electron chi connectivity index (χ3n) is 3.84. The van der Waals surface area contributed by atoms with Crippen LogP contribution >= 0.6 is 0 Å². The zero-order valence-corrected chi connectivity index (χ0v) is 15.8. The summed E-state index contributed by atoms with van der Waals surface area (Å²) in [5.41, 5.74) is 1.92. The van der Waals surface area contributed by atoms with Gasteiger partial charge in [-0.15, -0.1) is 0 Å². The molecule has 2 unspecified atom stereocenters. The molecule has 0 heterocycles. The Kier molecular flexibility index (Phi) is 9.55. The maximum atomic E-state index is 11.7. The molecule has 0 aliphatic heterocycles. The van der Waals surface area contributed by atoms with Crippen LogP contribution in [0.1, 0.15) is 32.3 Å². The van der Waals surface area contributed by atoms with E-state index in [0.717, 1.165) is 11.3 Å². The van der Waals surface area contributed by atoms with Crippen LogP contribution in [0.4, 0.5) is 5.69 Å². The Morgan fingerprint density at radius 2 is 1.35 bits per heavy atom. The van der Waals surface area contributed by atoms with Crippen LogP contribution in [-0.2, 0) is 9.59 Å². The lowest BCUT2D eigenvalue weighted by Gasteiger charge is -2.29. The van der Waals surface area contributed by atoms with Gasteiger partial charge in [-0.1, -0.05) is 29.8 Å². The number of allylic oxidation sites excluding steroid dienone is 4. The lowest BCUT2D eigenvalue weighted by atomic mass is 10.1. The van der Waals surface area contributed by atoms with Crippen LogP contribution in [0.15, 0.2) is 48.6 Å². The molecule has 0 saturated heterocycles. The molecule has 0 aliphatic rings.